The Kier molecular flexibility index (Phi) is 5.30. The Hall–Kier alpha value is -1.47. The molecule has 1 amide bonds. The molecule has 0 saturated carbocycles. The van der Waals surface area contributed by atoms with E-state index in [0.717, 1.165) is 10.1 Å². The number of thioether (sulfide) groups is 1. The molecule has 0 aliphatic carbocycles. The van der Waals surface area contributed by atoms with E-state index in [1.54, 1.807) is 12.3 Å². The van der Waals surface area contributed by atoms with E-state index in [1.807, 2.05) is 31.0 Å². The molecule has 2 rings (SSSR count). The second-order valence-corrected chi connectivity index (χ2v) is 6.62. The van der Waals surface area contributed by atoms with Gasteiger partial charge in [-0.25, -0.2) is 9.37 Å². The van der Waals surface area contributed by atoms with Crippen molar-refractivity contribution < 1.29 is 9.18 Å². The van der Waals surface area contributed by atoms with Crippen LogP contribution in [0.3, 0.4) is 0 Å². The fraction of sp³-hybridized carbons (Fsp3) is 0.286. The van der Waals surface area contributed by atoms with Gasteiger partial charge in [-0.15, -0.1) is 0 Å². The molecule has 1 N–H and O–H groups in total. The highest BCUT2D eigenvalue weighted by Gasteiger charge is 2.15. The number of amides is 1. The lowest BCUT2D eigenvalue weighted by molar-refractivity contribution is -0.115. The van der Waals surface area contributed by atoms with Crippen LogP contribution in [-0.4, -0.2) is 27.0 Å². The number of anilines is 1. The second kappa shape index (κ2) is 7.00. The summed E-state index contributed by atoms with van der Waals surface area (Å²) >= 11 is 2.82. The van der Waals surface area contributed by atoms with Gasteiger partial charge in [-0.2, -0.15) is 11.8 Å². The molecule has 1 heterocycles. The van der Waals surface area contributed by atoms with Gasteiger partial charge < -0.3 is 9.88 Å². The number of nitrogens with one attached hydrogen (secondary N) is 1. The van der Waals surface area contributed by atoms with E-state index >= 15 is 0 Å². The number of hydrogen-bond donors (Lipinski definition) is 1. The van der Waals surface area contributed by atoms with Crippen LogP contribution in [0.4, 0.5) is 10.1 Å². The van der Waals surface area contributed by atoms with E-state index in [1.165, 1.54) is 35.7 Å². The third kappa shape index (κ3) is 4.01. The van der Waals surface area contributed by atoms with Gasteiger partial charge in [0.05, 0.1) is 10.9 Å². The van der Waals surface area contributed by atoms with Crippen molar-refractivity contribution in [3.8, 4) is 0 Å². The molecule has 0 aliphatic heterocycles. The maximum atomic E-state index is 13.5. The molecule has 1 aromatic heterocycles. The first kappa shape index (κ1) is 15.9. The monoisotopic (exact) mass is 325 g/mol. The van der Waals surface area contributed by atoms with E-state index in [-0.39, 0.29) is 17.0 Å². The summed E-state index contributed by atoms with van der Waals surface area (Å²) in [5, 5.41) is 3.35. The predicted octanol–water partition coefficient (Wildman–Crippen LogP) is 3.40. The number of hydrogen-bond acceptors (Lipinski definition) is 4. The van der Waals surface area contributed by atoms with Crippen molar-refractivity contribution in [3.63, 3.8) is 0 Å². The molecule has 7 heteroatoms. The lowest BCUT2D eigenvalue weighted by Gasteiger charge is -2.13. The standard InChI is InChI=1S/C14H16FN3OS2/c1-9(20-3)13(19)17-11-8-10(15)4-5-12(11)21-14-16-6-7-18(14)2/h4-9H,1-3H3,(H,17,19)/t9-/m0/s1. The first-order chi connectivity index (χ1) is 10.0. The largest absolute Gasteiger partial charge is 0.329 e. The summed E-state index contributed by atoms with van der Waals surface area (Å²) in [6.45, 7) is 1.81. The number of aryl methyl sites for hydroxylation is 1. The fourth-order valence-corrected chi connectivity index (χ4v) is 2.72. The van der Waals surface area contributed by atoms with Crippen LogP contribution in [0.25, 0.3) is 0 Å². The van der Waals surface area contributed by atoms with Crippen LogP contribution in [0.1, 0.15) is 6.92 Å². The number of rotatable bonds is 5. The van der Waals surface area contributed by atoms with Crippen molar-refractivity contribution in [2.75, 3.05) is 11.6 Å². The quantitative estimate of drug-likeness (QED) is 0.915. The van der Waals surface area contributed by atoms with Gasteiger partial charge in [-0.05, 0) is 43.1 Å². The highest BCUT2D eigenvalue weighted by molar-refractivity contribution is 8.00. The zero-order valence-electron chi connectivity index (χ0n) is 12.0. The molecule has 0 aliphatic rings. The smallest absolute Gasteiger partial charge is 0.237 e. The van der Waals surface area contributed by atoms with E-state index in [4.69, 9.17) is 0 Å². The Balaban J connectivity index is 2.25. The Bertz CT molecular complexity index is 645. The van der Waals surface area contributed by atoms with Crippen LogP contribution >= 0.6 is 23.5 Å². The molecule has 112 valence electrons. The third-order valence-corrected chi connectivity index (χ3v) is 4.97. The number of aromatic nitrogens is 2. The van der Waals surface area contributed by atoms with E-state index < -0.39 is 0 Å². The summed E-state index contributed by atoms with van der Waals surface area (Å²) in [5.41, 5.74) is 0.467. The van der Waals surface area contributed by atoms with Gasteiger partial charge in [0.1, 0.15) is 5.82 Å². The molecule has 2 aromatic rings. The molecule has 4 nitrogen and oxygen atoms in total. The molecule has 1 aromatic carbocycles. The van der Waals surface area contributed by atoms with Gasteiger partial charge in [-0.3, -0.25) is 4.79 Å². The van der Waals surface area contributed by atoms with Gasteiger partial charge in [0.25, 0.3) is 0 Å². The van der Waals surface area contributed by atoms with Crippen LogP contribution in [0.15, 0.2) is 40.6 Å². The van der Waals surface area contributed by atoms with E-state index in [0.29, 0.717) is 5.69 Å². The minimum absolute atomic E-state index is 0.144. The van der Waals surface area contributed by atoms with E-state index in [9.17, 15) is 9.18 Å². The molecule has 0 saturated heterocycles. The van der Waals surface area contributed by atoms with Gasteiger partial charge in [0, 0.05) is 24.3 Å². The minimum atomic E-state index is -0.383. The molecule has 0 bridgehead atoms. The zero-order valence-corrected chi connectivity index (χ0v) is 13.6. The van der Waals surface area contributed by atoms with Crippen LogP contribution < -0.4 is 5.32 Å². The summed E-state index contributed by atoms with van der Waals surface area (Å²) in [6, 6.07) is 4.35. The van der Waals surface area contributed by atoms with Crippen molar-refractivity contribution in [2.24, 2.45) is 7.05 Å². The number of halogens is 1. The fourth-order valence-electron chi connectivity index (χ4n) is 1.58. The molecular formula is C14H16FN3OS2. The number of carbonyl (C=O) groups is 1. The Labute approximate surface area is 131 Å². The van der Waals surface area contributed by atoms with Crippen molar-refractivity contribution in [1.29, 1.82) is 0 Å². The minimum Gasteiger partial charge on any atom is -0.329 e. The highest BCUT2D eigenvalue weighted by Crippen LogP contribution is 2.33. The molecule has 0 unspecified atom stereocenters. The Morgan fingerprint density at radius 3 is 2.86 bits per heavy atom. The summed E-state index contributed by atoms with van der Waals surface area (Å²) in [5.74, 6) is -0.527. The maximum absolute atomic E-state index is 13.5. The van der Waals surface area contributed by atoms with Gasteiger partial charge in [0.2, 0.25) is 5.91 Å². The molecule has 0 fully saturated rings. The predicted molar refractivity (Wildman–Crippen MR) is 85.3 cm³/mol. The first-order valence-electron chi connectivity index (χ1n) is 6.29. The lowest BCUT2D eigenvalue weighted by atomic mass is 10.3. The normalized spacial score (nSPS) is 12.2. The molecule has 0 spiro atoms. The summed E-state index contributed by atoms with van der Waals surface area (Å²) < 4.78 is 15.3. The van der Waals surface area contributed by atoms with Crippen molar-refractivity contribution in [2.45, 2.75) is 22.2 Å². The zero-order chi connectivity index (χ0) is 15.4. The van der Waals surface area contributed by atoms with Gasteiger partial charge in [-0.1, -0.05) is 0 Å². The number of carbonyl (C=O) groups excluding carboxylic acids is 1. The third-order valence-electron chi connectivity index (χ3n) is 2.90. The highest BCUT2D eigenvalue weighted by atomic mass is 32.2. The second-order valence-electron chi connectivity index (χ2n) is 4.43. The van der Waals surface area contributed by atoms with Gasteiger partial charge in [0.15, 0.2) is 5.16 Å². The van der Waals surface area contributed by atoms with Crippen molar-refractivity contribution >= 4 is 35.1 Å². The van der Waals surface area contributed by atoms with Crippen LogP contribution in [0.5, 0.6) is 0 Å². The Morgan fingerprint density at radius 1 is 1.48 bits per heavy atom. The maximum Gasteiger partial charge on any atom is 0.237 e. The van der Waals surface area contributed by atoms with Crippen molar-refractivity contribution in [1.82, 2.24) is 9.55 Å². The molecule has 0 radical (unpaired) electrons. The van der Waals surface area contributed by atoms with Crippen LogP contribution in [-0.2, 0) is 11.8 Å². The van der Waals surface area contributed by atoms with Gasteiger partial charge >= 0.3 is 0 Å². The lowest BCUT2D eigenvalue weighted by Crippen LogP contribution is -2.22. The first-order valence-corrected chi connectivity index (χ1v) is 8.40. The summed E-state index contributed by atoms with van der Waals surface area (Å²) in [6.07, 6.45) is 5.39. The molecule has 21 heavy (non-hydrogen) atoms. The van der Waals surface area contributed by atoms with Crippen molar-refractivity contribution in [3.05, 3.63) is 36.4 Å². The Morgan fingerprint density at radius 2 is 2.24 bits per heavy atom. The van der Waals surface area contributed by atoms with Crippen LogP contribution in [0.2, 0.25) is 0 Å². The summed E-state index contributed by atoms with van der Waals surface area (Å²) in [7, 11) is 1.88. The average molecular weight is 325 g/mol. The number of imidazole rings is 1. The molecular weight excluding hydrogens is 309 g/mol. The van der Waals surface area contributed by atoms with E-state index in [2.05, 4.69) is 10.3 Å². The molecule has 1 atom stereocenters. The summed E-state index contributed by atoms with van der Waals surface area (Å²) in [4.78, 5) is 17.0. The topological polar surface area (TPSA) is 46.9 Å². The number of nitrogens with zero attached hydrogens (tertiary/aromatic N) is 2. The SMILES string of the molecule is CS[C@@H](C)C(=O)Nc1cc(F)ccc1Sc1nccn1C. The average Bonchev–Trinajstić information content (AvgIpc) is 2.86. The number of benzene rings is 1. The van der Waals surface area contributed by atoms with Crippen LogP contribution in [0, 0.1) is 5.82 Å².